The van der Waals surface area contributed by atoms with Crippen molar-refractivity contribution in [3.8, 4) is 0 Å². The first kappa shape index (κ1) is 26.4. The van der Waals surface area contributed by atoms with E-state index in [0.717, 1.165) is 28.0 Å². The highest BCUT2D eigenvalue weighted by Crippen LogP contribution is 2.36. The van der Waals surface area contributed by atoms with Gasteiger partial charge in [-0.25, -0.2) is 13.1 Å². The summed E-state index contributed by atoms with van der Waals surface area (Å²) in [6.45, 7) is 2.06. The molecule has 0 unspecified atom stereocenters. The first-order chi connectivity index (χ1) is 19.0. The van der Waals surface area contributed by atoms with E-state index in [1.54, 1.807) is 30.5 Å². The summed E-state index contributed by atoms with van der Waals surface area (Å²) >= 11 is 0. The predicted molar refractivity (Wildman–Crippen MR) is 156 cm³/mol. The van der Waals surface area contributed by atoms with Gasteiger partial charge in [-0.15, -0.1) is 0 Å². The molecule has 5 rings (SSSR count). The van der Waals surface area contributed by atoms with Gasteiger partial charge in [-0.3, -0.25) is 4.99 Å². The van der Waals surface area contributed by atoms with Crippen molar-refractivity contribution in [1.29, 1.82) is 0 Å². The van der Waals surface area contributed by atoms with Gasteiger partial charge in [-0.05, 0) is 36.8 Å². The number of hydrogen-bond acceptors (Lipinski definition) is 4. The molecule has 1 N–H and O–H groups in total. The molecule has 0 amide bonds. The molecule has 39 heavy (non-hydrogen) atoms. The van der Waals surface area contributed by atoms with Crippen LogP contribution in [-0.2, 0) is 10.0 Å². The molecule has 0 saturated heterocycles. The van der Waals surface area contributed by atoms with Crippen molar-refractivity contribution in [2.24, 2.45) is 4.99 Å². The van der Waals surface area contributed by atoms with Crippen LogP contribution in [0.25, 0.3) is 0 Å². The highest BCUT2D eigenvalue weighted by molar-refractivity contribution is 7.89. The van der Waals surface area contributed by atoms with Crippen LogP contribution in [0.4, 0.5) is 0 Å². The minimum Gasteiger partial charge on any atom is -0.467 e. The van der Waals surface area contributed by atoms with E-state index in [1.165, 1.54) is 0 Å². The number of sulfonamides is 1. The van der Waals surface area contributed by atoms with Crippen molar-refractivity contribution in [2.45, 2.75) is 23.8 Å². The highest BCUT2D eigenvalue weighted by atomic mass is 32.2. The molecule has 0 spiro atoms. The fourth-order valence-corrected chi connectivity index (χ4v) is 5.63. The number of hydrogen-bond donors (Lipinski definition) is 1. The van der Waals surface area contributed by atoms with E-state index >= 15 is 0 Å². The first-order valence-electron chi connectivity index (χ1n) is 12.8. The number of nitrogens with one attached hydrogen (secondary N) is 1. The molecule has 0 radical (unpaired) electrons. The third-order valence-corrected chi connectivity index (χ3v) is 8.07. The zero-order valence-electron chi connectivity index (χ0n) is 21.6. The molecule has 4 aromatic carbocycles. The lowest BCUT2D eigenvalue weighted by Crippen LogP contribution is -2.31. The van der Waals surface area contributed by atoms with Crippen LogP contribution in [0.2, 0.25) is 0 Å². The standard InChI is InChI=1S/C33H30N2O3S/c1-25-19-21-29(22-20-25)39(36,37)34-24-30(26-12-5-2-6-13-26)33(31-18-11-23-38-31)35-32(27-14-7-3-8-15-27)28-16-9-4-10-17-28/h2-23,30,33-34H,24H2,1H3/t30-,33-/m0/s1. The maximum atomic E-state index is 13.3. The summed E-state index contributed by atoms with van der Waals surface area (Å²) in [6.07, 6.45) is 1.63. The Morgan fingerprint density at radius 2 is 1.31 bits per heavy atom. The largest absolute Gasteiger partial charge is 0.467 e. The smallest absolute Gasteiger partial charge is 0.240 e. The van der Waals surface area contributed by atoms with Crippen molar-refractivity contribution in [1.82, 2.24) is 4.72 Å². The monoisotopic (exact) mass is 534 g/mol. The number of furan rings is 1. The lowest BCUT2D eigenvalue weighted by atomic mass is 9.89. The molecule has 6 heteroatoms. The van der Waals surface area contributed by atoms with Crippen molar-refractivity contribution in [3.63, 3.8) is 0 Å². The predicted octanol–water partition coefficient (Wildman–Crippen LogP) is 6.93. The Morgan fingerprint density at radius 1 is 0.744 bits per heavy atom. The van der Waals surface area contributed by atoms with Crippen LogP contribution in [0.1, 0.15) is 40.0 Å². The van der Waals surface area contributed by atoms with E-state index in [-0.39, 0.29) is 17.4 Å². The summed E-state index contributed by atoms with van der Waals surface area (Å²) in [5.74, 6) is 0.308. The summed E-state index contributed by atoms with van der Waals surface area (Å²) < 4.78 is 35.3. The van der Waals surface area contributed by atoms with Crippen LogP contribution in [0, 0.1) is 6.92 Å². The van der Waals surface area contributed by atoms with E-state index in [4.69, 9.17) is 9.41 Å². The minimum absolute atomic E-state index is 0.131. The molecule has 0 saturated carbocycles. The second kappa shape index (κ2) is 12.1. The zero-order valence-corrected chi connectivity index (χ0v) is 22.5. The lowest BCUT2D eigenvalue weighted by Gasteiger charge is -2.25. The van der Waals surface area contributed by atoms with Crippen LogP contribution in [-0.4, -0.2) is 20.7 Å². The number of benzene rings is 4. The van der Waals surface area contributed by atoms with Crippen molar-refractivity contribution >= 4 is 15.7 Å². The lowest BCUT2D eigenvalue weighted by molar-refractivity contribution is 0.422. The van der Waals surface area contributed by atoms with Gasteiger partial charge in [0.05, 0.1) is 16.9 Å². The molecule has 0 bridgehead atoms. The Hall–Kier alpha value is -4.26. The zero-order chi connectivity index (χ0) is 27.1. The summed E-state index contributed by atoms with van der Waals surface area (Å²) in [7, 11) is -3.74. The third kappa shape index (κ3) is 6.42. The van der Waals surface area contributed by atoms with E-state index in [9.17, 15) is 8.42 Å². The van der Waals surface area contributed by atoms with Crippen molar-refractivity contribution in [2.75, 3.05) is 6.54 Å². The van der Waals surface area contributed by atoms with Crippen LogP contribution in [0.5, 0.6) is 0 Å². The Bertz CT molecular complexity index is 1560. The second-order valence-electron chi connectivity index (χ2n) is 9.35. The van der Waals surface area contributed by atoms with Crippen molar-refractivity contribution < 1.29 is 12.8 Å². The van der Waals surface area contributed by atoms with Crippen LogP contribution < -0.4 is 4.72 Å². The molecule has 0 fully saturated rings. The fraction of sp³-hybridized carbons (Fsp3) is 0.121. The molecular formula is C33H30N2O3S. The molecular weight excluding hydrogens is 504 g/mol. The fourth-order valence-electron chi connectivity index (χ4n) is 4.57. The minimum atomic E-state index is -3.74. The van der Waals surface area contributed by atoms with Gasteiger partial charge in [-0.2, -0.15) is 0 Å². The SMILES string of the molecule is Cc1ccc(S(=O)(=O)NC[C@@H](c2ccccc2)[C@H](N=C(c2ccccc2)c2ccccc2)c2ccco2)cc1. The summed E-state index contributed by atoms with van der Waals surface area (Å²) in [6, 6.07) is 39.9. The topological polar surface area (TPSA) is 71.7 Å². The molecule has 1 aromatic heterocycles. The number of aryl methyl sites for hydroxylation is 1. The highest BCUT2D eigenvalue weighted by Gasteiger charge is 2.29. The van der Waals surface area contributed by atoms with Gasteiger partial charge in [0.25, 0.3) is 0 Å². The van der Waals surface area contributed by atoms with E-state index < -0.39 is 16.1 Å². The number of aliphatic imine (C=N–C) groups is 1. The second-order valence-corrected chi connectivity index (χ2v) is 11.1. The third-order valence-electron chi connectivity index (χ3n) is 6.63. The van der Waals surface area contributed by atoms with Crippen LogP contribution in [0.15, 0.2) is 148 Å². The number of rotatable bonds is 10. The maximum Gasteiger partial charge on any atom is 0.240 e. The average molecular weight is 535 g/mol. The average Bonchev–Trinajstić information content (AvgIpc) is 3.51. The molecule has 196 valence electrons. The van der Waals surface area contributed by atoms with E-state index in [1.807, 2.05) is 110 Å². The van der Waals surface area contributed by atoms with Gasteiger partial charge in [0, 0.05) is 23.6 Å². The molecule has 0 aliphatic rings. The Labute approximate surface area is 229 Å². The Balaban J connectivity index is 1.60. The van der Waals surface area contributed by atoms with Gasteiger partial charge in [0.2, 0.25) is 10.0 Å². The molecule has 5 aromatic rings. The van der Waals surface area contributed by atoms with Crippen LogP contribution >= 0.6 is 0 Å². The Kier molecular flexibility index (Phi) is 8.16. The van der Waals surface area contributed by atoms with Gasteiger partial charge in [-0.1, -0.05) is 109 Å². The maximum absolute atomic E-state index is 13.3. The molecule has 1 heterocycles. The molecule has 5 nitrogen and oxygen atoms in total. The summed E-state index contributed by atoms with van der Waals surface area (Å²) in [4.78, 5) is 5.54. The summed E-state index contributed by atoms with van der Waals surface area (Å²) in [5, 5.41) is 0. The molecule has 0 aliphatic heterocycles. The van der Waals surface area contributed by atoms with Gasteiger partial charge in [0.15, 0.2) is 0 Å². The van der Waals surface area contributed by atoms with Crippen LogP contribution in [0.3, 0.4) is 0 Å². The van der Waals surface area contributed by atoms with Gasteiger partial charge >= 0.3 is 0 Å². The van der Waals surface area contributed by atoms with E-state index in [2.05, 4.69) is 4.72 Å². The molecule has 0 aliphatic carbocycles. The normalized spacial score (nSPS) is 12.9. The quantitative estimate of drug-likeness (QED) is 0.198. The number of nitrogens with zero attached hydrogens (tertiary/aromatic N) is 1. The van der Waals surface area contributed by atoms with Gasteiger partial charge < -0.3 is 4.42 Å². The van der Waals surface area contributed by atoms with E-state index in [0.29, 0.717) is 5.76 Å². The molecule has 2 atom stereocenters. The Morgan fingerprint density at radius 3 is 1.85 bits per heavy atom. The van der Waals surface area contributed by atoms with Crippen molar-refractivity contribution in [3.05, 3.63) is 162 Å². The first-order valence-corrected chi connectivity index (χ1v) is 14.3. The van der Waals surface area contributed by atoms with Gasteiger partial charge in [0.1, 0.15) is 11.8 Å². The summed E-state index contributed by atoms with van der Waals surface area (Å²) in [5.41, 5.74) is 4.69.